The van der Waals surface area contributed by atoms with Crippen molar-refractivity contribution in [3.63, 3.8) is 0 Å². The number of amides is 1. The smallest absolute Gasteiger partial charge is 0.253 e. The van der Waals surface area contributed by atoms with Crippen molar-refractivity contribution >= 4 is 49.1 Å². The second-order valence-corrected chi connectivity index (χ2v) is 7.83. The number of aryl methyl sites for hydroxylation is 1. The number of nitrogens with one attached hydrogen (secondary N) is 1. The van der Waals surface area contributed by atoms with Gasteiger partial charge in [-0.2, -0.15) is 0 Å². The van der Waals surface area contributed by atoms with Crippen LogP contribution in [0.2, 0.25) is 0 Å². The highest BCUT2D eigenvalue weighted by Crippen LogP contribution is 2.31. The van der Waals surface area contributed by atoms with E-state index in [-0.39, 0.29) is 5.91 Å². The highest BCUT2D eigenvalue weighted by molar-refractivity contribution is 9.12. The summed E-state index contributed by atoms with van der Waals surface area (Å²) in [5.74, 6) is -0.0260. The van der Waals surface area contributed by atoms with Crippen LogP contribution < -0.4 is 5.32 Å². The third-order valence-corrected chi connectivity index (χ3v) is 5.01. The Morgan fingerprint density at radius 1 is 1.21 bits per heavy atom. The van der Waals surface area contributed by atoms with Crippen LogP contribution in [0, 0.1) is 0 Å². The van der Waals surface area contributed by atoms with Crippen molar-refractivity contribution in [1.82, 2.24) is 5.32 Å². The van der Waals surface area contributed by atoms with Crippen molar-refractivity contribution in [3.05, 3.63) is 55.1 Å². The molecular weight excluding hydrogens is 390 g/mol. The molecule has 1 amide bonds. The molecule has 19 heavy (non-hydrogen) atoms. The molecule has 0 spiro atoms. The first-order valence-electron chi connectivity index (χ1n) is 5.94. The van der Waals surface area contributed by atoms with Gasteiger partial charge in [-0.3, -0.25) is 4.79 Å². The second-order valence-electron chi connectivity index (χ2n) is 4.08. The highest BCUT2D eigenvalue weighted by Gasteiger charge is 2.12. The summed E-state index contributed by atoms with van der Waals surface area (Å²) >= 11 is 8.27. The number of halogens is 2. The third kappa shape index (κ3) is 4.44. The van der Waals surface area contributed by atoms with Crippen LogP contribution in [-0.4, -0.2) is 12.5 Å². The molecule has 0 unspecified atom stereocenters. The Morgan fingerprint density at radius 2 is 1.95 bits per heavy atom. The van der Waals surface area contributed by atoms with E-state index in [9.17, 15) is 4.79 Å². The highest BCUT2D eigenvalue weighted by atomic mass is 79.9. The first-order valence-corrected chi connectivity index (χ1v) is 8.34. The third-order valence-electron chi connectivity index (χ3n) is 2.67. The Bertz CT molecular complexity index is 554. The molecule has 1 aromatic heterocycles. The zero-order chi connectivity index (χ0) is 13.7. The van der Waals surface area contributed by atoms with E-state index in [4.69, 9.17) is 0 Å². The summed E-state index contributed by atoms with van der Waals surface area (Å²) in [4.78, 5) is 11.9. The largest absolute Gasteiger partial charge is 0.352 e. The van der Waals surface area contributed by atoms with Crippen molar-refractivity contribution < 1.29 is 4.79 Å². The van der Waals surface area contributed by atoms with Gasteiger partial charge in [-0.05, 0) is 56.3 Å². The quantitative estimate of drug-likeness (QED) is 0.725. The number of benzene rings is 1. The van der Waals surface area contributed by atoms with Crippen molar-refractivity contribution in [2.24, 2.45) is 0 Å². The van der Waals surface area contributed by atoms with E-state index in [1.165, 1.54) is 16.9 Å². The Hall–Kier alpha value is -0.650. The average molecular weight is 403 g/mol. The van der Waals surface area contributed by atoms with E-state index >= 15 is 0 Å². The summed E-state index contributed by atoms with van der Waals surface area (Å²) in [6.07, 6.45) is 1.92. The molecule has 1 aromatic carbocycles. The summed E-state index contributed by atoms with van der Waals surface area (Å²) in [7, 11) is 0. The fourth-order valence-electron chi connectivity index (χ4n) is 1.73. The number of hydrogen-bond acceptors (Lipinski definition) is 2. The number of carbonyl (C=O) groups is 1. The van der Waals surface area contributed by atoms with Gasteiger partial charge in [0.1, 0.15) is 0 Å². The molecule has 2 aromatic rings. The minimum Gasteiger partial charge on any atom is -0.352 e. The van der Waals surface area contributed by atoms with Crippen molar-refractivity contribution in [2.75, 3.05) is 6.54 Å². The van der Waals surface area contributed by atoms with Gasteiger partial charge in [-0.1, -0.05) is 30.3 Å². The SMILES string of the molecule is O=C(NCCCc1ccccc1)c1cc(Br)sc1Br. The Labute approximate surface area is 133 Å². The second kappa shape index (κ2) is 7.22. The maximum Gasteiger partial charge on any atom is 0.253 e. The monoisotopic (exact) mass is 401 g/mol. The number of thiophene rings is 1. The van der Waals surface area contributed by atoms with E-state index in [2.05, 4.69) is 49.3 Å². The standard InChI is InChI=1S/C14H13Br2NOS/c15-12-9-11(13(16)19-12)14(18)17-8-4-7-10-5-2-1-3-6-10/h1-3,5-6,9H,4,7-8H2,(H,17,18). The van der Waals surface area contributed by atoms with Gasteiger partial charge in [0.15, 0.2) is 0 Å². The predicted molar refractivity (Wildman–Crippen MR) is 86.8 cm³/mol. The number of carbonyl (C=O) groups excluding carboxylic acids is 1. The van der Waals surface area contributed by atoms with Crippen LogP contribution in [0.4, 0.5) is 0 Å². The van der Waals surface area contributed by atoms with Gasteiger partial charge in [0.05, 0.1) is 13.1 Å². The first kappa shape index (κ1) is 14.8. The minimum absolute atomic E-state index is 0.0260. The maximum absolute atomic E-state index is 11.9. The van der Waals surface area contributed by atoms with E-state index in [0.29, 0.717) is 12.1 Å². The lowest BCUT2D eigenvalue weighted by molar-refractivity contribution is 0.0953. The molecule has 0 aliphatic carbocycles. The summed E-state index contributed by atoms with van der Waals surface area (Å²) < 4.78 is 1.81. The Kier molecular flexibility index (Phi) is 5.60. The van der Waals surface area contributed by atoms with Gasteiger partial charge >= 0.3 is 0 Å². The first-order chi connectivity index (χ1) is 9.16. The van der Waals surface area contributed by atoms with E-state index in [1.54, 1.807) is 0 Å². The fraction of sp³-hybridized carbons (Fsp3) is 0.214. The molecule has 2 rings (SSSR count). The van der Waals surface area contributed by atoms with Crippen molar-refractivity contribution in [2.45, 2.75) is 12.8 Å². The van der Waals surface area contributed by atoms with Crippen molar-refractivity contribution in [1.29, 1.82) is 0 Å². The van der Waals surface area contributed by atoms with Gasteiger partial charge in [0.2, 0.25) is 0 Å². The molecule has 100 valence electrons. The zero-order valence-corrected chi connectivity index (χ0v) is 14.1. The maximum atomic E-state index is 11.9. The molecule has 0 atom stereocenters. The molecule has 2 nitrogen and oxygen atoms in total. The van der Waals surface area contributed by atoms with Crippen LogP contribution in [0.25, 0.3) is 0 Å². The van der Waals surface area contributed by atoms with Crippen LogP contribution >= 0.6 is 43.2 Å². The molecular formula is C14H13Br2NOS. The summed E-state index contributed by atoms with van der Waals surface area (Å²) in [6.45, 7) is 0.688. The summed E-state index contributed by atoms with van der Waals surface area (Å²) in [5, 5.41) is 2.94. The normalized spacial score (nSPS) is 10.4. The molecule has 0 aliphatic rings. The topological polar surface area (TPSA) is 29.1 Å². The Morgan fingerprint density at radius 3 is 2.58 bits per heavy atom. The van der Waals surface area contributed by atoms with Crippen LogP contribution in [0.3, 0.4) is 0 Å². The summed E-state index contributed by atoms with van der Waals surface area (Å²) in [6, 6.07) is 12.1. The lowest BCUT2D eigenvalue weighted by atomic mass is 10.1. The molecule has 0 saturated heterocycles. The lowest BCUT2D eigenvalue weighted by Crippen LogP contribution is -2.24. The molecule has 0 bridgehead atoms. The molecule has 0 radical (unpaired) electrons. The summed E-state index contributed by atoms with van der Waals surface area (Å²) in [5.41, 5.74) is 1.99. The predicted octanol–water partition coefficient (Wildman–Crippen LogP) is 4.64. The minimum atomic E-state index is -0.0260. The molecule has 5 heteroatoms. The lowest BCUT2D eigenvalue weighted by Gasteiger charge is -2.04. The van der Waals surface area contributed by atoms with Gasteiger partial charge in [0, 0.05) is 6.54 Å². The molecule has 0 fully saturated rings. The average Bonchev–Trinajstić information content (AvgIpc) is 2.75. The van der Waals surface area contributed by atoms with Gasteiger partial charge < -0.3 is 5.32 Å². The number of hydrogen-bond donors (Lipinski definition) is 1. The fourth-order valence-corrected chi connectivity index (χ4v) is 4.52. The zero-order valence-electron chi connectivity index (χ0n) is 10.2. The molecule has 0 saturated carbocycles. The van der Waals surface area contributed by atoms with Crippen LogP contribution in [0.1, 0.15) is 22.3 Å². The van der Waals surface area contributed by atoms with E-state index in [1.807, 2.05) is 24.3 Å². The van der Waals surface area contributed by atoms with Crippen LogP contribution in [-0.2, 0) is 6.42 Å². The van der Waals surface area contributed by atoms with Gasteiger partial charge in [-0.15, -0.1) is 11.3 Å². The molecule has 0 aliphatic heterocycles. The van der Waals surface area contributed by atoms with Crippen LogP contribution in [0.5, 0.6) is 0 Å². The van der Waals surface area contributed by atoms with Crippen LogP contribution in [0.15, 0.2) is 44.0 Å². The number of rotatable bonds is 5. The molecule has 1 heterocycles. The van der Waals surface area contributed by atoms with E-state index in [0.717, 1.165) is 20.4 Å². The van der Waals surface area contributed by atoms with Gasteiger partial charge in [-0.25, -0.2) is 0 Å². The van der Waals surface area contributed by atoms with E-state index < -0.39 is 0 Å². The molecule has 1 N–H and O–H groups in total. The Balaban J connectivity index is 1.77. The van der Waals surface area contributed by atoms with Crippen molar-refractivity contribution in [3.8, 4) is 0 Å². The van der Waals surface area contributed by atoms with Gasteiger partial charge in [0.25, 0.3) is 5.91 Å².